The second kappa shape index (κ2) is 5.40. The first-order chi connectivity index (χ1) is 5.83. The molecule has 0 aromatic carbocycles. The third kappa shape index (κ3) is 3.42. The predicted octanol–water partition coefficient (Wildman–Crippen LogP) is 4.17. The fraction of sp³-hybridized carbons (Fsp3) is 0.833. The molecule has 0 radical (unpaired) electrons. The van der Waals surface area contributed by atoms with Crippen molar-refractivity contribution in [1.82, 2.24) is 0 Å². The normalized spacial score (nSPS) is 33.1. The molecule has 0 amide bonds. The summed E-state index contributed by atoms with van der Waals surface area (Å²) in [5, 5.41) is 0. The van der Waals surface area contributed by atoms with Crippen LogP contribution in [0.1, 0.15) is 51.9 Å². The molecule has 2 unspecified atom stereocenters. The summed E-state index contributed by atoms with van der Waals surface area (Å²) in [6.07, 6.45) is 12.1. The quantitative estimate of drug-likeness (QED) is 0.513. The molecule has 2 atom stereocenters. The Bertz CT molecular complexity index is 126. The van der Waals surface area contributed by atoms with Crippen molar-refractivity contribution in [2.45, 2.75) is 51.9 Å². The van der Waals surface area contributed by atoms with E-state index in [0.29, 0.717) is 0 Å². The van der Waals surface area contributed by atoms with Crippen LogP contribution in [0, 0.1) is 11.8 Å². The van der Waals surface area contributed by atoms with Crippen LogP contribution in [0.4, 0.5) is 0 Å². The molecule has 0 aliphatic heterocycles. The highest BCUT2D eigenvalue weighted by molar-refractivity contribution is 4.80. The van der Waals surface area contributed by atoms with Crippen LogP contribution < -0.4 is 0 Å². The van der Waals surface area contributed by atoms with E-state index < -0.39 is 0 Å². The van der Waals surface area contributed by atoms with Gasteiger partial charge < -0.3 is 0 Å². The first kappa shape index (κ1) is 9.83. The van der Waals surface area contributed by atoms with Crippen molar-refractivity contribution in [1.29, 1.82) is 0 Å². The molecule has 0 aromatic rings. The Hall–Kier alpha value is -0.260. The minimum Gasteiger partial charge on any atom is -0.103 e. The lowest BCUT2D eigenvalue weighted by Crippen LogP contribution is -1.98. The lowest BCUT2D eigenvalue weighted by molar-refractivity contribution is 0.438. The third-order valence-electron chi connectivity index (χ3n) is 3.14. The standard InChI is InChI=1S/C12H22/c1-3-12-8-6-4-5-7-11(2)9-10-12/h3,11-12H,1,4-10H2,2H3. The highest BCUT2D eigenvalue weighted by Crippen LogP contribution is 2.25. The maximum absolute atomic E-state index is 3.91. The molecule has 0 heteroatoms. The van der Waals surface area contributed by atoms with Crippen molar-refractivity contribution in [3.8, 4) is 0 Å². The van der Waals surface area contributed by atoms with Gasteiger partial charge in [-0.05, 0) is 24.7 Å². The fourth-order valence-electron chi connectivity index (χ4n) is 2.10. The van der Waals surface area contributed by atoms with Gasteiger partial charge in [-0.3, -0.25) is 0 Å². The molecule has 70 valence electrons. The Morgan fingerprint density at radius 3 is 2.50 bits per heavy atom. The van der Waals surface area contributed by atoms with Gasteiger partial charge in [0.25, 0.3) is 0 Å². The summed E-state index contributed by atoms with van der Waals surface area (Å²) in [5.41, 5.74) is 0. The molecule has 1 fully saturated rings. The van der Waals surface area contributed by atoms with Gasteiger partial charge in [-0.2, -0.15) is 0 Å². The zero-order valence-electron chi connectivity index (χ0n) is 8.39. The van der Waals surface area contributed by atoms with Crippen LogP contribution in [0.3, 0.4) is 0 Å². The van der Waals surface area contributed by atoms with Crippen LogP contribution in [-0.2, 0) is 0 Å². The maximum Gasteiger partial charge on any atom is -0.0236 e. The molecule has 0 bridgehead atoms. The smallest absolute Gasteiger partial charge is 0.0236 e. The van der Waals surface area contributed by atoms with E-state index in [4.69, 9.17) is 0 Å². The Morgan fingerprint density at radius 2 is 1.75 bits per heavy atom. The highest BCUT2D eigenvalue weighted by Gasteiger charge is 2.10. The van der Waals surface area contributed by atoms with Gasteiger partial charge in [0.2, 0.25) is 0 Å². The van der Waals surface area contributed by atoms with Gasteiger partial charge in [-0.1, -0.05) is 45.1 Å². The zero-order valence-corrected chi connectivity index (χ0v) is 8.39. The van der Waals surface area contributed by atoms with Gasteiger partial charge in [0.1, 0.15) is 0 Å². The molecular weight excluding hydrogens is 144 g/mol. The molecule has 1 rings (SSSR count). The topological polar surface area (TPSA) is 0 Å². The van der Waals surface area contributed by atoms with Gasteiger partial charge in [-0.25, -0.2) is 0 Å². The first-order valence-corrected chi connectivity index (χ1v) is 5.45. The minimum atomic E-state index is 0.811. The largest absolute Gasteiger partial charge is 0.103 e. The molecule has 1 aliphatic carbocycles. The van der Waals surface area contributed by atoms with Crippen LogP contribution in [-0.4, -0.2) is 0 Å². The molecule has 12 heavy (non-hydrogen) atoms. The summed E-state index contributed by atoms with van der Waals surface area (Å²) >= 11 is 0. The zero-order chi connectivity index (χ0) is 8.81. The number of hydrogen-bond donors (Lipinski definition) is 0. The summed E-state index contributed by atoms with van der Waals surface area (Å²) in [7, 11) is 0. The van der Waals surface area contributed by atoms with Crippen LogP contribution >= 0.6 is 0 Å². The molecule has 0 nitrogen and oxygen atoms in total. The van der Waals surface area contributed by atoms with Crippen LogP contribution in [0.5, 0.6) is 0 Å². The van der Waals surface area contributed by atoms with Crippen molar-refractivity contribution >= 4 is 0 Å². The van der Waals surface area contributed by atoms with Gasteiger partial charge in [0, 0.05) is 0 Å². The average molecular weight is 166 g/mol. The number of hydrogen-bond acceptors (Lipinski definition) is 0. The van der Waals surface area contributed by atoms with E-state index in [1.165, 1.54) is 44.9 Å². The van der Waals surface area contributed by atoms with Gasteiger partial charge in [0.15, 0.2) is 0 Å². The summed E-state index contributed by atoms with van der Waals surface area (Å²) < 4.78 is 0. The lowest BCUT2D eigenvalue weighted by atomic mass is 9.94. The van der Waals surface area contributed by atoms with Gasteiger partial charge in [0.05, 0.1) is 0 Å². The second-order valence-corrected chi connectivity index (χ2v) is 4.32. The lowest BCUT2D eigenvalue weighted by Gasteiger charge is -2.12. The molecule has 0 heterocycles. The molecule has 0 spiro atoms. The van der Waals surface area contributed by atoms with Crippen molar-refractivity contribution in [3.63, 3.8) is 0 Å². The van der Waals surface area contributed by atoms with E-state index in [9.17, 15) is 0 Å². The van der Waals surface area contributed by atoms with Crippen molar-refractivity contribution < 1.29 is 0 Å². The van der Waals surface area contributed by atoms with E-state index in [2.05, 4.69) is 19.6 Å². The SMILES string of the molecule is C=CC1CCCCCC(C)CC1. The summed E-state index contributed by atoms with van der Waals surface area (Å²) in [6.45, 7) is 6.31. The molecule has 0 N–H and O–H groups in total. The molecular formula is C12H22. The predicted molar refractivity (Wildman–Crippen MR) is 55.2 cm³/mol. The highest BCUT2D eigenvalue weighted by atomic mass is 14.2. The molecule has 1 aliphatic rings. The molecule has 1 saturated carbocycles. The Kier molecular flexibility index (Phi) is 4.42. The number of allylic oxidation sites excluding steroid dienone is 1. The van der Waals surface area contributed by atoms with E-state index in [1.54, 1.807) is 0 Å². The van der Waals surface area contributed by atoms with Gasteiger partial charge in [-0.15, -0.1) is 6.58 Å². The Morgan fingerprint density at radius 1 is 1.00 bits per heavy atom. The Balaban J connectivity index is 2.34. The summed E-state index contributed by atoms with van der Waals surface area (Å²) in [4.78, 5) is 0. The molecule has 0 aromatic heterocycles. The van der Waals surface area contributed by atoms with Gasteiger partial charge >= 0.3 is 0 Å². The first-order valence-electron chi connectivity index (χ1n) is 5.45. The summed E-state index contributed by atoms with van der Waals surface area (Å²) in [6, 6.07) is 0. The Labute approximate surface area is 77.1 Å². The minimum absolute atomic E-state index is 0.811. The number of rotatable bonds is 1. The van der Waals surface area contributed by atoms with E-state index in [0.717, 1.165) is 11.8 Å². The maximum atomic E-state index is 3.91. The second-order valence-electron chi connectivity index (χ2n) is 4.32. The van der Waals surface area contributed by atoms with Crippen LogP contribution in [0.2, 0.25) is 0 Å². The van der Waals surface area contributed by atoms with Crippen LogP contribution in [0.15, 0.2) is 12.7 Å². The van der Waals surface area contributed by atoms with Crippen molar-refractivity contribution in [2.75, 3.05) is 0 Å². The molecule has 0 saturated heterocycles. The third-order valence-corrected chi connectivity index (χ3v) is 3.14. The van der Waals surface area contributed by atoms with Crippen LogP contribution in [0.25, 0.3) is 0 Å². The fourth-order valence-corrected chi connectivity index (χ4v) is 2.10. The van der Waals surface area contributed by atoms with E-state index in [1.807, 2.05) is 0 Å². The van der Waals surface area contributed by atoms with E-state index in [-0.39, 0.29) is 0 Å². The van der Waals surface area contributed by atoms with E-state index >= 15 is 0 Å². The summed E-state index contributed by atoms with van der Waals surface area (Å²) in [5.74, 6) is 1.76. The average Bonchev–Trinajstić information content (AvgIpc) is 2.17. The van der Waals surface area contributed by atoms with Crippen molar-refractivity contribution in [3.05, 3.63) is 12.7 Å². The van der Waals surface area contributed by atoms with Crippen molar-refractivity contribution in [2.24, 2.45) is 11.8 Å². The monoisotopic (exact) mass is 166 g/mol.